The number of anilines is 3. The molecule has 0 atom stereocenters. The van der Waals surface area contributed by atoms with Gasteiger partial charge >= 0.3 is 0 Å². The maximum atomic E-state index is 12.8. The molecule has 9 nitrogen and oxygen atoms in total. The molecule has 36 heavy (non-hydrogen) atoms. The first-order chi connectivity index (χ1) is 17.6. The number of ether oxygens (including phenoxy) is 4. The predicted molar refractivity (Wildman–Crippen MR) is 139 cm³/mol. The van der Waals surface area contributed by atoms with Gasteiger partial charge in [-0.25, -0.2) is 9.97 Å². The van der Waals surface area contributed by atoms with E-state index in [2.05, 4.69) is 20.6 Å². The predicted octanol–water partition coefficient (Wildman–Crippen LogP) is 5.44. The summed E-state index contributed by atoms with van der Waals surface area (Å²) in [4.78, 5) is 21.6. The molecule has 0 aliphatic carbocycles. The van der Waals surface area contributed by atoms with Gasteiger partial charge in [-0.05, 0) is 32.0 Å². The van der Waals surface area contributed by atoms with Gasteiger partial charge in [0.1, 0.15) is 23.6 Å². The number of fused-ring (bicyclic) bond motifs is 1. The number of nitrogens with one attached hydrogen (secondary N) is 2. The summed E-state index contributed by atoms with van der Waals surface area (Å²) in [5.41, 5.74) is 2.34. The molecule has 0 aliphatic rings. The molecule has 0 unspecified atom stereocenters. The smallest absolute Gasteiger partial charge is 0.255 e. The van der Waals surface area contributed by atoms with Crippen LogP contribution in [0.1, 0.15) is 24.2 Å². The summed E-state index contributed by atoms with van der Waals surface area (Å²) in [7, 11) is 3.15. The molecule has 1 heterocycles. The van der Waals surface area contributed by atoms with Crippen molar-refractivity contribution in [3.05, 3.63) is 66.5 Å². The minimum absolute atomic E-state index is 0.248. The minimum atomic E-state index is -0.248. The van der Waals surface area contributed by atoms with Crippen LogP contribution in [0, 0.1) is 0 Å². The van der Waals surface area contributed by atoms with Crippen LogP contribution in [0.2, 0.25) is 0 Å². The summed E-state index contributed by atoms with van der Waals surface area (Å²) in [6.45, 7) is 4.60. The Labute approximate surface area is 209 Å². The monoisotopic (exact) mass is 488 g/mol. The fraction of sp³-hybridized carbons (Fsp3) is 0.222. The first-order valence-corrected chi connectivity index (χ1v) is 11.5. The fourth-order valence-electron chi connectivity index (χ4n) is 3.70. The van der Waals surface area contributed by atoms with Crippen molar-refractivity contribution in [2.45, 2.75) is 13.8 Å². The van der Waals surface area contributed by atoms with Gasteiger partial charge in [0, 0.05) is 29.1 Å². The molecule has 9 heteroatoms. The van der Waals surface area contributed by atoms with E-state index in [0.29, 0.717) is 64.5 Å². The lowest BCUT2D eigenvalue weighted by molar-refractivity contribution is 0.102. The van der Waals surface area contributed by atoms with E-state index in [-0.39, 0.29) is 5.91 Å². The number of hydrogen-bond donors (Lipinski definition) is 2. The number of carbonyl (C=O) groups is 1. The van der Waals surface area contributed by atoms with Crippen molar-refractivity contribution >= 4 is 34.0 Å². The topological polar surface area (TPSA) is 104 Å². The number of nitrogens with zero attached hydrogens (tertiary/aromatic N) is 2. The second kappa shape index (κ2) is 11.3. The molecular formula is C27H28N4O5. The number of rotatable bonds is 10. The normalized spacial score (nSPS) is 10.6. The number of amides is 1. The van der Waals surface area contributed by atoms with Gasteiger partial charge in [-0.15, -0.1) is 0 Å². The Hall–Kier alpha value is -4.53. The van der Waals surface area contributed by atoms with Gasteiger partial charge in [0.25, 0.3) is 5.91 Å². The third-order valence-electron chi connectivity index (χ3n) is 5.36. The fourth-order valence-corrected chi connectivity index (χ4v) is 3.70. The molecule has 4 rings (SSSR count). The molecule has 0 saturated carbocycles. The molecule has 0 spiro atoms. The Morgan fingerprint density at radius 1 is 0.806 bits per heavy atom. The average Bonchev–Trinajstić information content (AvgIpc) is 2.91. The molecule has 1 aromatic heterocycles. The van der Waals surface area contributed by atoms with Crippen LogP contribution in [0.15, 0.2) is 60.9 Å². The molecule has 0 saturated heterocycles. The van der Waals surface area contributed by atoms with Gasteiger partial charge in [-0.3, -0.25) is 4.79 Å². The van der Waals surface area contributed by atoms with Gasteiger partial charge in [-0.2, -0.15) is 0 Å². The van der Waals surface area contributed by atoms with Crippen molar-refractivity contribution in [1.82, 2.24) is 9.97 Å². The lowest BCUT2D eigenvalue weighted by atomic mass is 10.1. The summed E-state index contributed by atoms with van der Waals surface area (Å²) >= 11 is 0. The van der Waals surface area contributed by atoms with E-state index in [1.165, 1.54) is 6.33 Å². The average molecular weight is 489 g/mol. The number of aromatic nitrogens is 2. The van der Waals surface area contributed by atoms with E-state index in [4.69, 9.17) is 18.9 Å². The Balaban J connectivity index is 1.75. The highest BCUT2D eigenvalue weighted by molar-refractivity contribution is 6.05. The molecule has 0 aliphatic heterocycles. The Kier molecular flexibility index (Phi) is 7.69. The molecular weight excluding hydrogens is 460 g/mol. The first kappa shape index (κ1) is 24.6. The molecule has 0 radical (unpaired) electrons. The van der Waals surface area contributed by atoms with Crippen LogP contribution in [0.5, 0.6) is 23.0 Å². The van der Waals surface area contributed by atoms with E-state index in [0.717, 1.165) is 5.39 Å². The van der Waals surface area contributed by atoms with Crippen LogP contribution in [0.4, 0.5) is 17.2 Å². The quantitative estimate of drug-likeness (QED) is 0.304. The van der Waals surface area contributed by atoms with Crippen molar-refractivity contribution in [2.75, 3.05) is 38.1 Å². The second-order valence-corrected chi connectivity index (χ2v) is 7.60. The minimum Gasteiger partial charge on any atom is -0.493 e. The van der Waals surface area contributed by atoms with Gasteiger partial charge in [0.2, 0.25) is 0 Å². The Morgan fingerprint density at radius 2 is 1.44 bits per heavy atom. The van der Waals surface area contributed by atoms with Crippen molar-refractivity contribution < 1.29 is 23.7 Å². The maximum Gasteiger partial charge on any atom is 0.255 e. The largest absolute Gasteiger partial charge is 0.493 e. The van der Waals surface area contributed by atoms with Crippen LogP contribution in [0.3, 0.4) is 0 Å². The zero-order chi connectivity index (χ0) is 25.5. The lowest BCUT2D eigenvalue weighted by Crippen LogP contribution is -2.13. The molecule has 3 aromatic carbocycles. The van der Waals surface area contributed by atoms with Crippen LogP contribution in [0.25, 0.3) is 10.9 Å². The molecule has 2 N–H and O–H groups in total. The van der Waals surface area contributed by atoms with Gasteiger partial charge in [0.05, 0.1) is 44.3 Å². The van der Waals surface area contributed by atoms with Crippen LogP contribution >= 0.6 is 0 Å². The standard InChI is InChI=1S/C27H28N4O5/c1-5-35-22-15-21(31-27(32)17-10-8-7-9-11-17)23(36-6-2)14-20(22)30-26-18-12-24(33-3)25(34-4)13-19(18)28-16-29-26/h7-16H,5-6H2,1-4H3,(H,31,32)(H,28,29,30). The van der Waals surface area contributed by atoms with E-state index in [1.807, 2.05) is 38.1 Å². The zero-order valence-corrected chi connectivity index (χ0v) is 20.6. The van der Waals surface area contributed by atoms with E-state index < -0.39 is 0 Å². The van der Waals surface area contributed by atoms with Gasteiger partial charge < -0.3 is 29.6 Å². The van der Waals surface area contributed by atoms with Crippen LogP contribution in [-0.2, 0) is 0 Å². The van der Waals surface area contributed by atoms with E-state index >= 15 is 0 Å². The summed E-state index contributed by atoms with van der Waals surface area (Å²) in [6, 6.07) is 16.1. The van der Waals surface area contributed by atoms with Crippen LogP contribution in [-0.4, -0.2) is 43.3 Å². The molecule has 1 amide bonds. The zero-order valence-electron chi connectivity index (χ0n) is 20.6. The third kappa shape index (κ3) is 5.25. The number of hydrogen-bond acceptors (Lipinski definition) is 8. The molecule has 0 fully saturated rings. The third-order valence-corrected chi connectivity index (χ3v) is 5.36. The number of methoxy groups -OCH3 is 2. The molecule has 186 valence electrons. The Bertz CT molecular complexity index is 1360. The SMILES string of the molecule is CCOc1cc(Nc2ncnc3cc(OC)c(OC)cc23)c(OCC)cc1NC(=O)c1ccccc1. The van der Waals surface area contributed by atoms with Crippen LogP contribution < -0.4 is 29.6 Å². The highest BCUT2D eigenvalue weighted by Crippen LogP contribution is 2.40. The van der Waals surface area contributed by atoms with E-state index in [1.54, 1.807) is 44.6 Å². The summed E-state index contributed by atoms with van der Waals surface area (Å²) < 4.78 is 22.6. The summed E-state index contributed by atoms with van der Waals surface area (Å²) in [5.74, 6) is 2.44. The summed E-state index contributed by atoms with van der Waals surface area (Å²) in [6.07, 6.45) is 1.47. The van der Waals surface area contributed by atoms with Crippen molar-refractivity contribution in [3.8, 4) is 23.0 Å². The van der Waals surface area contributed by atoms with Crippen molar-refractivity contribution in [1.29, 1.82) is 0 Å². The maximum absolute atomic E-state index is 12.8. The van der Waals surface area contributed by atoms with E-state index in [9.17, 15) is 4.79 Å². The van der Waals surface area contributed by atoms with Crippen molar-refractivity contribution in [2.24, 2.45) is 0 Å². The Morgan fingerprint density at radius 3 is 2.11 bits per heavy atom. The highest BCUT2D eigenvalue weighted by atomic mass is 16.5. The second-order valence-electron chi connectivity index (χ2n) is 7.60. The lowest BCUT2D eigenvalue weighted by Gasteiger charge is -2.19. The number of carbonyl (C=O) groups excluding carboxylic acids is 1. The van der Waals surface area contributed by atoms with Gasteiger partial charge in [-0.1, -0.05) is 18.2 Å². The van der Waals surface area contributed by atoms with Crippen molar-refractivity contribution in [3.63, 3.8) is 0 Å². The first-order valence-electron chi connectivity index (χ1n) is 11.5. The summed E-state index contributed by atoms with van der Waals surface area (Å²) in [5, 5.41) is 7.00. The number of benzene rings is 3. The highest BCUT2D eigenvalue weighted by Gasteiger charge is 2.18. The molecule has 0 bridgehead atoms. The molecule has 4 aromatic rings. The van der Waals surface area contributed by atoms with Gasteiger partial charge in [0.15, 0.2) is 11.5 Å².